The molecule has 188 valence electrons. The fourth-order valence-electron chi connectivity index (χ4n) is 3.26. The Morgan fingerprint density at radius 3 is 2.67 bits per heavy atom. The first-order valence-corrected chi connectivity index (χ1v) is 10.7. The second kappa shape index (κ2) is 10.1. The summed E-state index contributed by atoms with van der Waals surface area (Å²) in [6.45, 7) is 1.67. The first-order valence-electron chi connectivity index (χ1n) is 10.7. The van der Waals surface area contributed by atoms with E-state index in [2.05, 4.69) is 25.9 Å². The molecule has 2 heterocycles. The van der Waals surface area contributed by atoms with E-state index >= 15 is 0 Å². The van der Waals surface area contributed by atoms with Crippen LogP contribution in [-0.2, 0) is 17.5 Å². The number of nitrogens with two attached hydrogens (primary N) is 1. The minimum Gasteiger partial charge on any atom is -0.495 e. The summed E-state index contributed by atoms with van der Waals surface area (Å²) in [4.78, 5) is 11.8. The molecule has 0 radical (unpaired) electrons. The standard InChI is InChI=1S/C23H22F3N7O3/c1-13(27)20(34)28-12-14-6-5-7-15(10-14)33-17(11-19(32-33)23(24,25)26)21-30-31-22(36-21)29-16-8-3-4-9-18(16)35-2/h3-11,13H,12,27H2,1-2H3,(H,28,34)(H,29,31)/t13-/m0/s1. The van der Waals surface area contributed by atoms with E-state index < -0.39 is 17.9 Å². The lowest BCUT2D eigenvalue weighted by molar-refractivity contribution is -0.141. The number of benzene rings is 2. The first kappa shape index (κ1) is 24.7. The molecule has 4 N–H and O–H groups in total. The van der Waals surface area contributed by atoms with E-state index in [-0.39, 0.29) is 30.1 Å². The Morgan fingerprint density at radius 1 is 1.17 bits per heavy atom. The van der Waals surface area contributed by atoms with Crippen LogP contribution in [0, 0.1) is 0 Å². The third-order valence-electron chi connectivity index (χ3n) is 5.03. The second-order valence-corrected chi connectivity index (χ2v) is 7.74. The van der Waals surface area contributed by atoms with Crippen molar-refractivity contribution in [2.45, 2.75) is 25.7 Å². The van der Waals surface area contributed by atoms with Gasteiger partial charge in [-0.2, -0.15) is 18.3 Å². The van der Waals surface area contributed by atoms with Crippen LogP contribution in [-0.4, -0.2) is 39.0 Å². The number of amides is 1. The molecule has 0 aliphatic rings. The van der Waals surface area contributed by atoms with E-state index in [4.69, 9.17) is 14.9 Å². The summed E-state index contributed by atoms with van der Waals surface area (Å²) in [5.74, 6) is -0.0406. The number of para-hydroxylation sites is 2. The molecule has 4 rings (SSSR count). The van der Waals surface area contributed by atoms with Gasteiger partial charge in [-0.05, 0) is 36.8 Å². The number of anilines is 2. The monoisotopic (exact) mass is 501 g/mol. The molecule has 2 aromatic carbocycles. The Balaban J connectivity index is 1.68. The van der Waals surface area contributed by atoms with Crippen molar-refractivity contribution in [2.24, 2.45) is 5.73 Å². The van der Waals surface area contributed by atoms with Crippen molar-refractivity contribution in [1.82, 2.24) is 25.3 Å². The number of hydrogen-bond donors (Lipinski definition) is 3. The number of ether oxygens (including phenoxy) is 1. The molecule has 2 aromatic heterocycles. The number of nitrogens with zero attached hydrogens (tertiary/aromatic N) is 4. The van der Waals surface area contributed by atoms with Crippen molar-refractivity contribution < 1.29 is 27.1 Å². The first-order chi connectivity index (χ1) is 17.2. The Morgan fingerprint density at radius 2 is 1.94 bits per heavy atom. The van der Waals surface area contributed by atoms with Crippen LogP contribution in [0.3, 0.4) is 0 Å². The molecule has 0 aliphatic carbocycles. The Bertz CT molecular complexity index is 1360. The van der Waals surface area contributed by atoms with Crippen molar-refractivity contribution >= 4 is 17.6 Å². The summed E-state index contributed by atoms with van der Waals surface area (Å²) in [6.07, 6.45) is -4.71. The largest absolute Gasteiger partial charge is 0.495 e. The van der Waals surface area contributed by atoms with Gasteiger partial charge in [0.25, 0.3) is 5.89 Å². The molecular formula is C23H22F3N7O3. The molecule has 0 aliphatic heterocycles. The van der Waals surface area contributed by atoms with Gasteiger partial charge < -0.3 is 25.5 Å². The molecule has 36 heavy (non-hydrogen) atoms. The molecule has 0 unspecified atom stereocenters. The lowest BCUT2D eigenvalue weighted by atomic mass is 10.2. The van der Waals surface area contributed by atoms with E-state index in [1.165, 1.54) is 7.11 Å². The van der Waals surface area contributed by atoms with Gasteiger partial charge in [-0.1, -0.05) is 29.4 Å². The summed E-state index contributed by atoms with van der Waals surface area (Å²) in [6, 6.07) is 13.5. The summed E-state index contributed by atoms with van der Waals surface area (Å²) in [7, 11) is 1.49. The van der Waals surface area contributed by atoms with Gasteiger partial charge in [0.15, 0.2) is 5.69 Å². The zero-order chi connectivity index (χ0) is 25.9. The van der Waals surface area contributed by atoms with Crippen molar-refractivity contribution in [3.05, 3.63) is 65.9 Å². The minimum absolute atomic E-state index is 0.0526. The number of hydrogen-bond acceptors (Lipinski definition) is 8. The van der Waals surface area contributed by atoms with E-state index in [0.29, 0.717) is 22.7 Å². The maximum absolute atomic E-state index is 13.5. The average Bonchev–Trinajstić information content (AvgIpc) is 3.50. The predicted octanol–water partition coefficient (Wildman–Crippen LogP) is 3.66. The smallest absolute Gasteiger partial charge is 0.435 e. The quantitative estimate of drug-likeness (QED) is 0.333. The van der Waals surface area contributed by atoms with E-state index in [1.807, 2.05) is 0 Å². The van der Waals surface area contributed by atoms with Crippen LogP contribution in [0.4, 0.5) is 24.9 Å². The number of rotatable bonds is 8. The maximum Gasteiger partial charge on any atom is 0.435 e. The summed E-state index contributed by atoms with van der Waals surface area (Å²) < 4.78 is 52.5. The van der Waals surface area contributed by atoms with Gasteiger partial charge >= 0.3 is 12.2 Å². The fraction of sp³-hybridized carbons (Fsp3) is 0.217. The van der Waals surface area contributed by atoms with Crippen LogP contribution < -0.4 is 21.1 Å². The molecule has 1 atom stereocenters. The molecule has 10 nitrogen and oxygen atoms in total. The summed E-state index contributed by atoms with van der Waals surface area (Å²) in [5, 5.41) is 17.1. The highest BCUT2D eigenvalue weighted by molar-refractivity contribution is 5.80. The Labute approximate surface area is 203 Å². The summed E-state index contributed by atoms with van der Waals surface area (Å²) in [5.41, 5.74) is 5.80. The van der Waals surface area contributed by atoms with Crippen LogP contribution in [0.2, 0.25) is 0 Å². The normalized spacial score (nSPS) is 12.3. The van der Waals surface area contributed by atoms with E-state index in [9.17, 15) is 18.0 Å². The topological polar surface area (TPSA) is 133 Å². The number of aromatic nitrogens is 4. The van der Waals surface area contributed by atoms with Gasteiger partial charge in [0, 0.05) is 12.6 Å². The number of carbonyl (C=O) groups is 1. The third-order valence-corrected chi connectivity index (χ3v) is 5.03. The highest BCUT2D eigenvalue weighted by Crippen LogP contribution is 2.34. The van der Waals surface area contributed by atoms with Gasteiger partial charge in [0.05, 0.1) is 24.5 Å². The Kier molecular flexibility index (Phi) is 6.92. The SMILES string of the molecule is COc1ccccc1Nc1nnc(-c2cc(C(F)(F)F)nn2-c2cccc(CNC(=O)[C@H](C)N)c2)o1. The molecule has 13 heteroatoms. The predicted molar refractivity (Wildman–Crippen MR) is 124 cm³/mol. The van der Waals surface area contributed by atoms with Gasteiger partial charge in [-0.25, -0.2) is 4.68 Å². The van der Waals surface area contributed by atoms with Gasteiger partial charge in [0.2, 0.25) is 5.91 Å². The van der Waals surface area contributed by atoms with Crippen LogP contribution >= 0.6 is 0 Å². The lowest BCUT2D eigenvalue weighted by Crippen LogP contribution is -2.37. The van der Waals surface area contributed by atoms with Gasteiger partial charge in [-0.3, -0.25) is 4.79 Å². The molecule has 0 saturated carbocycles. The lowest BCUT2D eigenvalue weighted by Gasteiger charge is -2.10. The number of nitrogens with one attached hydrogen (secondary N) is 2. The maximum atomic E-state index is 13.5. The van der Waals surface area contributed by atoms with Crippen LogP contribution in [0.15, 0.2) is 59.0 Å². The highest BCUT2D eigenvalue weighted by Gasteiger charge is 2.36. The number of alkyl halides is 3. The molecule has 0 bridgehead atoms. The third kappa shape index (κ3) is 5.46. The van der Waals surface area contributed by atoms with Crippen molar-refractivity contribution in [1.29, 1.82) is 0 Å². The number of halogens is 3. The molecule has 4 aromatic rings. The molecular weight excluding hydrogens is 479 g/mol. The average molecular weight is 501 g/mol. The zero-order valence-corrected chi connectivity index (χ0v) is 19.2. The molecule has 0 saturated heterocycles. The molecule has 0 fully saturated rings. The fourth-order valence-corrected chi connectivity index (χ4v) is 3.26. The van der Waals surface area contributed by atoms with Gasteiger partial charge in [-0.15, -0.1) is 5.10 Å². The number of carbonyl (C=O) groups excluding carboxylic acids is 1. The molecule has 1 amide bonds. The van der Waals surface area contributed by atoms with Crippen LogP contribution in [0.25, 0.3) is 17.3 Å². The second-order valence-electron chi connectivity index (χ2n) is 7.74. The summed E-state index contributed by atoms with van der Waals surface area (Å²) >= 11 is 0. The van der Waals surface area contributed by atoms with Crippen molar-refractivity contribution in [2.75, 3.05) is 12.4 Å². The van der Waals surface area contributed by atoms with Gasteiger partial charge in [0.1, 0.15) is 11.4 Å². The highest BCUT2D eigenvalue weighted by atomic mass is 19.4. The van der Waals surface area contributed by atoms with Crippen LogP contribution in [0.5, 0.6) is 5.75 Å². The molecule has 0 spiro atoms. The van der Waals surface area contributed by atoms with Crippen molar-refractivity contribution in [3.63, 3.8) is 0 Å². The van der Waals surface area contributed by atoms with E-state index in [0.717, 1.165) is 10.7 Å². The van der Waals surface area contributed by atoms with E-state index in [1.54, 1.807) is 55.5 Å². The minimum atomic E-state index is -4.71. The number of methoxy groups -OCH3 is 1. The van der Waals surface area contributed by atoms with Crippen LogP contribution in [0.1, 0.15) is 18.2 Å². The van der Waals surface area contributed by atoms with Crippen molar-refractivity contribution in [3.8, 4) is 23.0 Å². The Hall–Kier alpha value is -4.39. The zero-order valence-electron chi connectivity index (χ0n) is 19.2.